The van der Waals surface area contributed by atoms with Crippen molar-refractivity contribution in [2.75, 3.05) is 11.4 Å². The Balaban J connectivity index is 1.69. The minimum absolute atomic E-state index is 0.0354. The van der Waals surface area contributed by atoms with E-state index in [9.17, 15) is 9.59 Å². The van der Waals surface area contributed by atoms with Crippen LogP contribution in [0.15, 0.2) is 48.5 Å². The molecule has 1 aromatic heterocycles. The number of carbonyl (C=O) groups is 2. The number of hydrogen-bond donors (Lipinski definition) is 0. The van der Waals surface area contributed by atoms with Gasteiger partial charge in [0.1, 0.15) is 12.4 Å². The van der Waals surface area contributed by atoms with Gasteiger partial charge in [0.25, 0.3) is 0 Å². The van der Waals surface area contributed by atoms with Crippen LogP contribution in [0.5, 0.6) is 0 Å². The van der Waals surface area contributed by atoms with E-state index in [1.807, 2.05) is 73.6 Å². The highest BCUT2D eigenvalue weighted by molar-refractivity contribution is 6.30. The number of hydrogen-bond acceptors (Lipinski definition) is 3. The Labute approximate surface area is 193 Å². The fourth-order valence-electron chi connectivity index (χ4n) is 4.74. The van der Waals surface area contributed by atoms with Gasteiger partial charge in [0.05, 0.1) is 11.0 Å². The van der Waals surface area contributed by atoms with E-state index in [0.717, 1.165) is 22.5 Å². The van der Waals surface area contributed by atoms with Crippen molar-refractivity contribution in [2.45, 2.75) is 58.7 Å². The third kappa shape index (κ3) is 4.24. The van der Waals surface area contributed by atoms with Gasteiger partial charge in [-0.15, -0.1) is 0 Å². The van der Waals surface area contributed by atoms with Gasteiger partial charge in [0.15, 0.2) is 0 Å². The van der Waals surface area contributed by atoms with Crippen molar-refractivity contribution in [3.05, 3.63) is 59.4 Å². The number of aromatic nitrogens is 2. The lowest BCUT2D eigenvalue weighted by atomic mass is 10.1. The zero-order valence-electron chi connectivity index (χ0n) is 19.0. The maximum atomic E-state index is 13.3. The highest BCUT2D eigenvalue weighted by atomic mass is 35.5. The molecule has 1 fully saturated rings. The Hall–Kier alpha value is -2.86. The number of benzene rings is 2. The van der Waals surface area contributed by atoms with Crippen molar-refractivity contribution in [3.63, 3.8) is 0 Å². The van der Waals surface area contributed by atoms with Crippen LogP contribution in [0.1, 0.15) is 45.9 Å². The van der Waals surface area contributed by atoms with E-state index in [0.29, 0.717) is 18.0 Å². The van der Waals surface area contributed by atoms with Gasteiger partial charge in [0, 0.05) is 41.7 Å². The molecule has 0 N–H and O–H groups in total. The smallest absolute Gasteiger partial charge is 0.243 e. The van der Waals surface area contributed by atoms with E-state index < -0.39 is 0 Å². The molecule has 3 aromatic rings. The van der Waals surface area contributed by atoms with Gasteiger partial charge in [-0.1, -0.05) is 29.8 Å². The summed E-state index contributed by atoms with van der Waals surface area (Å²) in [5.74, 6) is 0.765. The predicted octanol–water partition coefficient (Wildman–Crippen LogP) is 4.86. The molecule has 0 aliphatic carbocycles. The highest BCUT2D eigenvalue weighted by Crippen LogP contribution is 2.34. The predicted molar refractivity (Wildman–Crippen MR) is 128 cm³/mol. The Morgan fingerprint density at radius 2 is 1.84 bits per heavy atom. The van der Waals surface area contributed by atoms with Crippen molar-refractivity contribution in [2.24, 2.45) is 0 Å². The molecule has 0 spiro atoms. The fourth-order valence-corrected chi connectivity index (χ4v) is 4.92. The molecule has 7 heteroatoms. The Morgan fingerprint density at radius 3 is 2.53 bits per heavy atom. The van der Waals surface area contributed by atoms with Crippen molar-refractivity contribution in [1.29, 1.82) is 0 Å². The third-order valence-electron chi connectivity index (χ3n) is 5.99. The summed E-state index contributed by atoms with van der Waals surface area (Å²) >= 11 is 6.14. The van der Waals surface area contributed by atoms with Crippen LogP contribution in [0, 0.1) is 0 Å². The maximum Gasteiger partial charge on any atom is 0.243 e. The van der Waals surface area contributed by atoms with Crippen molar-refractivity contribution in [1.82, 2.24) is 14.5 Å². The summed E-state index contributed by atoms with van der Waals surface area (Å²) in [5, 5.41) is 0.596. The first-order chi connectivity index (χ1) is 15.3. The molecule has 32 heavy (non-hydrogen) atoms. The molecule has 4 rings (SSSR count). The number of para-hydroxylation sites is 2. The average molecular weight is 453 g/mol. The number of fused-ring (bicyclic) bond motifs is 1. The highest BCUT2D eigenvalue weighted by Gasteiger charge is 2.35. The van der Waals surface area contributed by atoms with E-state index >= 15 is 0 Å². The SMILES string of the molecule is CC(C)N(C(=O)Cn1c(C2CC(=O)N(c3cccc(Cl)c3)C2)nc2ccccc21)C(C)C. The summed E-state index contributed by atoms with van der Waals surface area (Å²) in [5.41, 5.74) is 2.54. The summed E-state index contributed by atoms with van der Waals surface area (Å²) < 4.78 is 1.99. The molecule has 2 amide bonds. The lowest BCUT2D eigenvalue weighted by Gasteiger charge is -2.31. The van der Waals surface area contributed by atoms with Gasteiger partial charge in [0.2, 0.25) is 11.8 Å². The summed E-state index contributed by atoms with van der Waals surface area (Å²) in [7, 11) is 0. The molecule has 2 heterocycles. The van der Waals surface area contributed by atoms with E-state index in [4.69, 9.17) is 16.6 Å². The maximum absolute atomic E-state index is 13.3. The molecule has 0 saturated carbocycles. The van der Waals surface area contributed by atoms with Gasteiger partial charge in [-0.25, -0.2) is 4.98 Å². The molecular formula is C25H29ClN4O2. The van der Waals surface area contributed by atoms with Crippen molar-refractivity contribution < 1.29 is 9.59 Å². The van der Waals surface area contributed by atoms with Crippen LogP contribution in [-0.2, 0) is 16.1 Å². The number of imidazole rings is 1. The molecule has 1 saturated heterocycles. The lowest BCUT2D eigenvalue weighted by Crippen LogP contribution is -2.44. The number of carbonyl (C=O) groups excluding carboxylic acids is 2. The Morgan fingerprint density at radius 1 is 1.12 bits per heavy atom. The summed E-state index contributed by atoms with van der Waals surface area (Å²) in [4.78, 5) is 34.7. The lowest BCUT2D eigenvalue weighted by molar-refractivity contribution is -0.135. The number of rotatable bonds is 6. The number of halogens is 1. The number of amides is 2. The minimum atomic E-state index is -0.103. The molecule has 1 aliphatic heterocycles. The normalized spacial score (nSPS) is 16.5. The first-order valence-electron chi connectivity index (χ1n) is 11.1. The van der Waals surface area contributed by atoms with E-state index in [2.05, 4.69) is 0 Å². The fraction of sp³-hybridized carbons (Fsp3) is 0.400. The summed E-state index contributed by atoms with van der Waals surface area (Å²) in [6.07, 6.45) is 0.349. The first-order valence-corrected chi connectivity index (χ1v) is 11.5. The number of anilines is 1. The molecule has 0 radical (unpaired) electrons. The number of nitrogens with zero attached hydrogens (tertiary/aromatic N) is 4. The monoisotopic (exact) mass is 452 g/mol. The van der Waals surface area contributed by atoms with Crippen LogP contribution in [0.25, 0.3) is 11.0 Å². The first kappa shape index (κ1) is 22.3. The van der Waals surface area contributed by atoms with Crippen LogP contribution in [0.2, 0.25) is 5.02 Å². The van der Waals surface area contributed by atoms with Gasteiger partial charge in [-0.05, 0) is 58.0 Å². The topological polar surface area (TPSA) is 58.4 Å². The molecule has 168 valence electrons. The van der Waals surface area contributed by atoms with E-state index in [1.165, 1.54) is 0 Å². The molecule has 0 bridgehead atoms. The van der Waals surface area contributed by atoms with Crippen LogP contribution >= 0.6 is 11.6 Å². The van der Waals surface area contributed by atoms with Crippen molar-refractivity contribution >= 4 is 40.1 Å². The second kappa shape index (κ2) is 8.94. The molecule has 1 aliphatic rings. The average Bonchev–Trinajstić information content (AvgIpc) is 3.28. The summed E-state index contributed by atoms with van der Waals surface area (Å²) in [6, 6.07) is 15.4. The molecular weight excluding hydrogens is 424 g/mol. The van der Waals surface area contributed by atoms with Crippen molar-refractivity contribution in [3.8, 4) is 0 Å². The third-order valence-corrected chi connectivity index (χ3v) is 6.22. The Bertz CT molecular complexity index is 1150. The van der Waals surface area contributed by atoms with Gasteiger partial charge in [-0.2, -0.15) is 0 Å². The van der Waals surface area contributed by atoms with Gasteiger partial charge >= 0.3 is 0 Å². The molecule has 1 unspecified atom stereocenters. The standard InChI is InChI=1S/C25H29ClN4O2/c1-16(2)30(17(3)4)24(32)15-29-22-11-6-5-10-21(22)27-25(29)18-12-23(31)28(14-18)20-9-7-8-19(26)13-20/h5-11,13,16-18H,12,14-15H2,1-4H3. The molecule has 2 aromatic carbocycles. The van der Waals surface area contributed by atoms with E-state index in [1.54, 1.807) is 17.0 Å². The van der Waals surface area contributed by atoms with Crippen LogP contribution in [0.3, 0.4) is 0 Å². The van der Waals surface area contributed by atoms with Crippen LogP contribution < -0.4 is 4.90 Å². The second-order valence-corrected chi connectivity index (χ2v) is 9.36. The quantitative estimate of drug-likeness (QED) is 0.536. The largest absolute Gasteiger partial charge is 0.336 e. The van der Waals surface area contributed by atoms with Crippen LogP contribution in [-0.4, -0.2) is 44.9 Å². The van der Waals surface area contributed by atoms with Gasteiger partial charge < -0.3 is 14.4 Å². The van der Waals surface area contributed by atoms with Gasteiger partial charge in [-0.3, -0.25) is 9.59 Å². The van der Waals surface area contributed by atoms with Crippen LogP contribution in [0.4, 0.5) is 5.69 Å². The molecule has 1 atom stereocenters. The molecule has 6 nitrogen and oxygen atoms in total. The van der Waals surface area contributed by atoms with E-state index in [-0.39, 0.29) is 36.4 Å². The second-order valence-electron chi connectivity index (χ2n) is 8.92. The zero-order valence-corrected chi connectivity index (χ0v) is 19.7. The Kier molecular flexibility index (Phi) is 6.24. The summed E-state index contributed by atoms with van der Waals surface area (Å²) in [6.45, 7) is 8.84. The zero-order chi connectivity index (χ0) is 23.0. The minimum Gasteiger partial charge on any atom is -0.336 e.